The summed E-state index contributed by atoms with van der Waals surface area (Å²) in [6.45, 7) is 2.18. The van der Waals surface area contributed by atoms with Gasteiger partial charge in [-0.2, -0.15) is 0 Å². The molecule has 1 aliphatic rings. The highest BCUT2D eigenvalue weighted by atomic mass is 16.2. The van der Waals surface area contributed by atoms with Crippen molar-refractivity contribution in [1.82, 2.24) is 24.8 Å². The van der Waals surface area contributed by atoms with Crippen LogP contribution < -0.4 is 0 Å². The number of hydrogen-bond acceptors (Lipinski definition) is 5. The number of hydrogen-bond donors (Lipinski definition) is 0. The van der Waals surface area contributed by atoms with Gasteiger partial charge in [-0.1, -0.05) is 0 Å². The van der Waals surface area contributed by atoms with Gasteiger partial charge in [-0.05, 0) is 42.8 Å². The molecule has 7 nitrogen and oxygen atoms in total. The standard InChI is InChI=1S/C20H19N5O2/c26-19(16-5-1-8-21-14-16)24-10-3-11-25(13-12-24)20(27)17-7-6-15-4-2-9-22-18(15)23-17/h1-2,4-9,14H,3,10-13H2. The van der Waals surface area contributed by atoms with E-state index in [0.717, 1.165) is 11.8 Å². The van der Waals surface area contributed by atoms with Gasteiger partial charge < -0.3 is 9.80 Å². The molecule has 0 spiro atoms. The fourth-order valence-electron chi connectivity index (χ4n) is 3.23. The Hall–Kier alpha value is -3.35. The van der Waals surface area contributed by atoms with Gasteiger partial charge in [-0.15, -0.1) is 0 Å². The van der Waals surface area contributed by atoms with E-state index in [2.05, 4.69) is 15.0 Å². The number of aromatic nitrogens is 3. The van der Waals surface area contributed by atoms with Crippen LogP contribution >= 0.6 is 0 Å². The largest absolute Gasteiger partial charge is 0.337 e. The van der Waals surface area contributed by atoms with Crippen molar-refractivity contribution in [2.45, 2.75) is 6.42 Å². The number of carbonyl (C=O) groups is 2. The lowest BCUT2D eigenvalue weighted by Gasteiger charge is -2.22. The first-order valence-corrected chi connectivity index (χ1v) is 8.93. The molecule has 4 rings (SSSR count). The Morgan fingerprint density at radius 2 is 1.63 bits per heavy atom. The first kappa shape index (κ1) is 17.1. The van der Waals surface area contributed by atoms with Crippen LogP contribution in [0.4, 0.5) is 0 Å². The summed E-state index contributed by atoms with van der Waals surface area (Å²) in [5.74, 6) is -0.177. The van der Waals surface area contributed by atoms with E-state index in [-0.39, 0.29) is 11.8 Å². The van der Waals surface area contributed by atoms with Crippen LogP contribution in [-0.2, 0) is 0 Å². The zero-order valence-electron chi connectivity index (χ0n) is 14.8. The van der Waals surface area contributed by atoms with Crippen LogP contribution in [0.15, 0.2) is 55.0 Å². The van der Waals surface area contributed by atoms with E-state index in [4.69, 9.17) is 0 Å². The van der Waals surface area contributed by atoms with Gasteiger partial charge in [0.25, 0.3) is 11.8 Å². The molecular weight excluding hydrogens is 342 g/mol. The molecule has 27 heavy (non-hydrogen) atoms. The van der Waals surface area contributed by atoms with Gasteiger partial charge in [0.2, 0.25) is 0 Å². The Bertz CT molecular complexity index is 976. The summed E-state index contributed by atoms with van der Waals surface area (Å²) in [6, 6.07) is 10.9. The van der Waals surface area contributed by atoms with Crippen LogP contribution in [0.3, 0.4) is 0 Å². The lowest BCUT2D eigenvalue weighted by Crippen LogP contribution is -2.37. The van der Waals surface area contributed by atoms with E-state index in [9.17, 15) is 9.59 Å². The number of carbonyl (C=O) groups excluding carboxylic acids is 2. The molecule has 0 unspecified atom stereocenters. The molecule has 136 valence electrons. The molecule has 4 heterocycles. The van der Waals surface area contributed by atoms with Crippen LogP contribution in [-0.4, -0.2) is 62.7 Å². The number of nitrogens with zero attached hydrogens (tertiary/aromatic N) is 5. The Kier molecular flexibility index (Phi) is 4.74. The third kappa shape index (κ3) is 3.62. The first-order valence-electron chi connectivity index (χ1n) is 8.93. The third-order valence-corrected chi connectivity index (χ3v) is 4.66. The summed E-state index contributed by atoms with van der Waals surface area (Å²) in [5.41, 5.74) is 1.51. The molecule has 0 radical (unpaired) electrons. The number of pyridine rings is 3. The monoisotopic (exact) mass is 361 g/mol. The van der Waals surface area contributed by atoms with Gasteiger partial charge in [0.05, 0.1) is 5.56 Å². The van der Waals surface area contributed by atoms with E-state index in [1.165, 1.54) is 0 Å². The zero-order chi connectivity index (χ0) is 18.6. The van der Waals surface area contributed by atoms with Gasteiger partial charge in [0, 0.05) is 50.2 Å². The molecule has 2 amide bonds. The van der Waals surface area contributed by atoms with Crippen molar-refractivity contribution in [3.05, 3.63) is 66.2 Å². The molecule has 0 N–H and O–H groups in total. The number of fused-ring (bicyclic) bond motifs is 1. The summed E-state index contributed by atoms with van der Waals surface area (Å²) in [5, 5.41) is 0.901. The fourth-order valence-corrected chi connectivity index (χ4v) is 3.23. The molecular formula is C20H19N5O2. The maximum Gasteiger partial charge on any atom is 0.272 e. The minimum absolute atomic E-state index is 0.0505. The molecule has 0 aliphatic carbocycles. The molecule has 3 aromatic heterocycles. The lowest BCUT2D eigenvalue weighted by molar-refractivity contribution is 0.0715. The van der Waals surface area contributed by atoms with Gasteiger partial charge >= 0.3 is 0 Å². The quantitative estimate of drug-likeness (QED) is 0.698. The summed E-state index contributed by atoms with van der Waals surface area (Å²) in [7, 11) is 0. The molecule has 0 atom stereocenters. The van der Waals surface area contributed by atoms with E-state index in [1.54, 1.807) is 46.6 Å². The summed E-state index contributed by atoms with van der Waals surface area (Å²) in [4.78, 5) is 41.6. The highest BCUT2D eigenvalue weighted by Crippen LogP contribution is 2.14. The minimum Gasteiger partial charge on any atom is -0.337 e. The highest BCUT2D eigenvalue weighted by Gasteiger charge is 2.24. The smallest absolute Gasteiger partial charge is 0.272 e. The number of rotatable bonds is 2. The molecule has 0 saturated carbocycles. The second kappa shape index (κ2) is 7.49. The molecule has 3 aromatic rings. The van der Waals surface area contributed by atoms with Gasteiger partial charge in [0.1, 0.15) is 5.69 Å². The normalized spacial score (nSPS) is 14.8. The van der Waals surface area contributed by atoms with Gasteiger partial charge in [0.15, 0.2) is 5.65 Å². The lowest BCUT2D eigenvalue weighted by atomic mass is 10.2. The van der Waals surface area contributed by atoms with Gasteiger partial charge in [-0.25, -0.2) is 9.97 Å². The zero-order valence-corrected chi connectivity index (χ0v) is 14.8. The first-order chi connectivity index (χ1) is 13.2. The summed E-state index contributed by atoms with van der Waals surface area (Å²) in [6.07, 6.45) is 5.61. The van der Waals surface area contributed by atoms with Crippen LogP contribution in [0.2, 0.25) is 0 Å². The Morgan fingerprint density at radius 1 is 0.852 bits per heavy atom. The SMILES string of the molecule is O=C(c1cccnc1)N1CCCN(C(=O)c2ccc3cccnc3n2)CC1. The Labute approximate surface area is 156 Å². The van der Waals surface area contributed by atoms with E-state index in [0.29, 0.717) is 43.1 Å². The van der Waals surface area contributed by atoms with E-state index >= 15 is 0 Å². The minimum atomic E-state index is -0.127. The maximum absolute atomic E-state index is 12.9. The van der Waals surface area contributed by atoms with Crippen molar-refractivity contribution in [2.75, 3.05) is 26.2 Å². The van der Waals surface area contributed by atoms with E-state index in [1.807, 2.05) is 18.2 Å². The maximum atomic E-state index is 12.9. The predicted octanol–water partition coefficient (Wildman–Crippen LogP) is 2.01. The number of amides is 2. The molecule has 1 saturated heterocycles. The average Bonchev–Trinajstić information content (AvgIpc) is 2.99. The van der Waals surface area contributed by atoms with Crippen LogP contribution in [0.5, 0.6) is 0 Å². The molecule has 1 fully saturated rings. The van der Waals surface area contributed by atoms with Crippen molar-refractivity contribution in [1.29, 1.82) is 0 Å². The summed E-state index contributed by atoms with van der Waals surface area (Å²) >= 11 is 0. The van der Waals surface area contributed by atoms with Gasteiger partial charge in [-0.3, -0.25) is 14.6 Å². The van der Waals surface area contributed by atoms with Crippen molar-refractivity contribution in [2.24, 2.45) is 0 Å². The topological polar surface area (TPSA) is 79.3 Å². The molecule has 1 aliphatic heterocycles. The second-order valence-electron chi connectivity index (χ2n) is 6.43. The van der Waals surface area contributed by atoms with Crippen LogP contribution in [0.1, 0.15) is 27.3 Å². The third-order valence-electron chi connectivity index (χ3n) is 4.66. The van der Waals surface area contributed by atoms with Crippen molar-refractivity contribution >= 4 is 22.8 Å². The van der Waals surface area contributed by atoms with Crippen molar-refractivity contribution in [3.8, 4) is 0 Å². The second-order valence-corrected chi connectivity index (χ2v) is 6.43. The molecule has 7 heteroatoms. The van der Waals surface area contributed by atoms with Crippen molar-refractivity contribution < 1.29 is 9.59 Å². The van der Waals surface area contributed by atoms with Crippen LogP contribution in [0.25, 0.3) is 11.0 Å². The molecule has 0 aromatic carbocycles. The highest BCUT2D eigenvalue weighted by molar-refractivity contribution is 5.95. The van der Waals surface area contributed by atoms with E-state index < -0.39 is 0 Å². The molecule has 0 bridgehead atoms. The average molecular weight is 361 g/mol. The Morgan fingerprint density at radius 3 is 2.41 bits per heavy atom. The summed E-state index contributed by atoms with van der Waals surface area (Å²) < 4.78 is 0. The fraction of sp³-hybridized carbons (Fsp3) is 0.250. The Balaban J connectivity index is 1.47. The predicted molar refractivity (Wildman–Crippen MR) is 100 cm³/mol. The van der Waals surface area contributed by atoms with Crippen molar-refractivity contribution in [3.63, 3.8) is 0 Å². The van der Waals surface area contributed by atoms with Crippen LogP contribution in [0, 0.1) is 0 Å².